The lowest BCUT2D eigenvalue weighted by Crippen LogP contribution is -2.36. The van der Waals surface area contributed by atoms with Gasteiger partial charge in [-0.25, -0.2) is 4.98 Å². The van der Waals surface area contributed by atoms with Gasteiger partial charge < -0.3 is 14.2 Å². The minimum atomic E-state index is -0.0317. The predicted molar refractivity (Wildman–Crippen MR) is 79.8 cm³/mol. The van der Waals surface area contributed by atoms with Crippen molar-refractivity contribution in [1.29, 1.82) is 0 Å². The average Bonchev–Trinajstić information content (AvgIpc) is 2.85. The second-order valence-electron chi connectivity index (χ2n) is 5.36. The van der Waals surface area contributed by atoms with Gasteiger partial charge in [0.2, 0.25) is 5.88 Å². The summed E-state index contributed by atoms with van der Waals surface area (Å²) in [6.07, 6.45) is 0.728. The van der Waals surface area contributed by atoms with Crippen LogP contribution in [0.15, 0.2) is 16.7 Å². The molecule has 1 aliphatic heterocycles. The Labute approximate surface area is 129 Å². The van der Waals surface area contributed by atoms with Crippen LogP contribution in [0.2, 0.25) is 0 Å². The monoisotopic (exact) mass is 301 g/mol. The van der Waals surface area contributed by atoms with Crippen molar-refractivity contribution >= 4 is 5.91 Å². The number of ether oxygens (including phenoxy) is 1. The highest BCUT2D eigenvalue weighted by Gasteiger charge is 2.27. The Bertz CT molecular complexity index is 689. The van der Waals surface area contributed by atoms with Crippen LogP contribution in [0.3, 0.4) is 0 Å². The normalized spacial score (nSPS) is 13.9. The first-order valence-electron chi connectivity index (χ1n) is 7.44. The lowest BCUT2D eigenvalue weighted by atomic mass is 10.0. The molecule has 0 N–H and O–H groups in total. The van der Waals surface area contributed by atoms with Crippen LogP contribution >= 0.6 is 0 Å². The average molecular weight is 301 g/mol. The van der Waals surface area contributed by atoms with Crippen molar-refractivity contribution in [3.8, 4) is 5.88 Å². The Hall–Kier alpha value is -2.37. The number of amides is 1. The Morgan fingerprint density at radius 2 is 2.23 bits per heavy atom. The van der Waals surface area contributed by atoms with E-state index in [0.29, 0.717) is 42.6 Å². The fourth-order valence-electron chi connectivity index (χ4n) is 2.74. The summed E-state index contributed by atoms with van der Waals surface area (Å²) >= 11 is 0. The largest absolute Gasteiger partial charge is 0.478 e. The van der Waals surface area contributed by atoms with E-state index in [4.69, 9.17) is 9.26 Å². The van der Waals surface area contributed by atoms with Gasteiger partial charge in [0.1, 0.15) is 11.3 Å². The van der Waals surface area contributed by atoms with Gasteiger partial charge in [0.25, 0.3) is 5.91 Å². The number of carbonyl (C=O) groups excluding carboxylic acids is 1. The number of rotatable bonds is 3. The third-order valence-corrected chi connectivity index (χ3v) is 3.85. The first kappa shape index (κ1) is 14.6. The molecule has 0 bridgehead atoms. The summed E-state index contributed by atoms with van der Waals surface area (Å²) in [4.78, 5) is 19.0. The molecular weight excluding hydrogens is 282 g/mol. The van der Waals surface area contributed by atoms with Crippen LogP contribution in [-0.4, -0.2) is 34.1 Å². The van der Waals surface area contributed by atoms with E-state index in [1.165, 1.54) is 0 Å². The molecule has 6 heteroatoms. The summed E-state index contributed by atoms with van der Waals surface area (Å²) in [5, 5.41) is 3.86. The molecular formula is C16H19N3O3. The first-order valence-corrected chi connectivity index (χ1v) is 7.44. The topological polar surface area (TPSA) is 68.5 Å². The van der Waals surface area contributed by atoms with E-state index in [1.54, 1.807) is 13.8 Å². The highest BCUT2D eigenvalue weighted by molar-refractivity contribution is 5.96. The second kappa shape index (κ2) is 5.79. The van der Waals surface area contributed by atoms with Gasteiger partial charge in [-0.15, -0.1) is 0 Å². The Morgan fingerprint density at radius 3 is 2.91 bits per heavy atom. The molecule has 0 unspecified atom stereocenters. The molecule has 0 fully saturated rings. The second-order valence-corrected chi connectivity index (χ2v) is 5.36. The van der Waals surface area contributed by atoms with Gasteiger partial charge in [-0.05, 0) is 26.3 Å². The molecule has 3 rings (SSSR count). The zero-order valence-corrected chi connectivity index (χ0v) is 13.0. The molecule has 1 amide bonds. The Balaban J connectivity index is 1.81. The molecule has 0 aromatic carbocycles. The number of aromatic nitrogens is 2. The lowest BCUT2D eigenvalue weighted by molar-refractivity contribution is 0.0731. The molecule has 0 saturated heterocycles. The molecule has 0 atom stereocenters. The number of nitrogens with zero attached hydrogens (tertiary/aromatic N) is 3. The predicted octanol–water partition coefficient (Wildman–Crippen LogP) is 2.28. The van der Waals surface area contributed by atoms with Crippen molar-refractivity contribution in [2.24, 2.45) is 0 Å². The molecule has 6 nitrogen and oxygen atoms in total. The number of aryl methyl sites for hydroxylation is 2. The van der Waals surface area contributed by atoms with E-state index in [0.717, 1.165) is 17.7 Å². The third kappa shape index (κ3) is 2.56. The van der Waals surface area contributed by atoms with E-state index in [-0.39, 0.29) is 5.91 Å². The van der Waals surface area contributed by atoms with Crippen LogP contribution in [0.1, 0.15) is 40.0 Å². The van der Waals surface area contributed by atoms with E-state index in [9.17, 15) is 4.79 Å². The summed E-state index contributed by atoms with van der Waals surface area (Å²) in [5.74, 6) is 1.18. The fourth-order valence-corrected chi connectivity index (χ4v) is 2.74. The molecule has 2 aromatic rings. The van der Waals surface area contributed by atoms with Crippen molar-refractivity contribution in [2.75, 3.05) is 13.2 Å². The Morgan fingerprint density at radius 1 is 1.41 bits per heavy atom. The zero-order chi connectivity index (χ0) is 15.7. The summed E-state index contributed by atoms with van der Waals surface area (Å²) in [6.45, 7) is 7.28. The molecule has 22 heavy (non-hydrogen) atoms. The maximum Gasteiger partial charge on any atom is 0.259 e. The van der Waals surface area contributed by atoms with Crippen LogP contribution < -0.4 is 4.74 Å². The van der Waals surface area contributed by atoms with Crippen molar-refractivity contribution in [2.45, 2.75) is 33.7 Å². The van der Waals surface area contributed by atoms with Crippen LogP contribution in [0.5, 0.6) is 5.88 Å². The zero-order valence-electron chi connectivity index (χ0n) is 13.0. The maximum absolute atomic E-state index is 12.7. The van der Waals surface area contributed by atoms with E-state index >= 15 is 0 Å². The minimum absolute atomic E-state index is 0.0317. The van der Waals surface area contributed by atoms with Gasteiger partial charge in [-0.2, -0.15) is 0 Å². The van der Waals surface area contributed by atoms with Crippen LogP contribution in [0, 0.1) is 13.8 Å². The standard InChI is InChI=1S/C16H19N3O3/c1-4-21-14-6-5-12-9-19(8-7-13(12)17-14)16(20)15-10(2)18-22-11(15)3/h5-6H,4,7-9H2,1-3H3. The smallest absolute Gasteiger partial charge is 0.259 e. The fraction of sp³-hybridized carbons (Fsp3) is 0.438. The molecule has 1 aliphatic rings. The van der Waals surface area contributed by atoms with Crippen LogP contribution in [-0.2, 0) is 13.0 Å². The molecule has 0 spiro atoms. The number of hydrogen-bond donors (Lipinski definition) is 0. The first-order chi connectivity index (χ1) is 10.6. The molecule has 2 aromatic heterocycles. The summed E-state index contributed by atoms with van der Waals surface area (Å²) in [6, 6.07) is 3.84. The molecule has 0 saturated carbocycles. The summed E-state index contributed by atoms with van der Waals surface area (Å²) < 4.78 is 10.5. The summed E-state index contributed by atoms with van der Waals surface area (Å²) in [7, 11) is 0. The molecule has 3 heterocycles. The quantitative estimate of drug-likeness (QED) is 0.870. The van der Waals surface area contributed by atoms with Crippen molar-refractivity contribution in [3.05, 3.63) is 40.4 Å². The van der Waals surface area contributed by atoms with E-state index < -0.39 is 0 Å². The number of hydrogen-bond acceptors (Lipinski definition) is 5. The molecule has 0 radical (unpaired) electrons. The summed E-state index contributed by atoms with van der Waals surface area (Å²) in [5.41, 5.74) is 3.28. The highest BCUT2D eigenvalue weighted by atomic mass is 16.5. The van der Waals surface area contributed by atoms with Crippen molar-refractivity contribution in [1.82, 2.24) is 15.0 Å². The molecule has 0 aliphatic carbocycles. The molecule has 116 valence electrons. The van der Waals surface area contributed by atoms with Crippen molar-refractivity contribution in [3.63, 3.8) is 0 Å². The van der Waals surface area contributed by atoms with Gasteiger partial charge in [0, 0.05) is 25.6 Å². The van der Waals surface area contributed by atoms with Crippen LogP contribution in [0.4, 0.5) is 0 Å². The number of fused-ring (bicyclic) bond motifs is 1. The maximum atomic E-state index is 12.7. The van der Waals surface area contributed by atoms with E-state index in [2.05, 4.69) is 10.1 Å². The van der Waals surface area contributed by atoms with Gasteiger partial charge in [-0.3, -0.25) is 4.79 Å². The van der Waals surface area contributed by atoms with Crippen molar-refractivity contribution < 1.29 is 14.1 Å². The third-order valence-electron chi connectivity index (χ3n) is 3.85. The van der Waals surface area contributed by atoms with Crippen LogP contribution in [0.25, 0.3) is 0 Å². The van der Waals surface area contributed by atoms with E-state index in [1.807, 2.05) is 24.0 Å². The van der Waals surface area contributed by atoms with Gasteiger partial charge in [0.15, 0.2) is 0 Å². The highest BCUT2D eigenvalue weighted by Crippen LogP contribution is 2.23. The van der Waals surface area contributed by atoms with Gasteiger partial charge in [-0.1, -0.05) is 11.2 Å². The number of carbonyl (C=O) groups is 1. The minimum Gasteiger partial charge on any atom is -0.478 e. The number of pyridine rings is 1. The van der Waals surface area contributed by atoms with Gasteiger partial charge >= 0.3 is 0 Å². The van der Waals surface area contributed by atoms with Gasteiger partial charge in [0.05, 0.1) is 18.0 Å². The SMILES string of the molecule is CCOc1ccc2c(n1)CCN(C(=O)c1c(C)noc1C)C2. The Kier molecular flexibility index (Phi) is 3.83. The lowest BCUT2D eigenvalue weighted by Gasteiger charge is -2.28.